The topological polar surface area (TPSA) is 9.23 Å². The predicted octanol–water partition coefficient (Wildman–Crippen LogP) is 7.05. The molecule has 0 amide bonds. The number of rotatable bonds is 10. The zero-order chi connectivity index (χ0) is 17.5. The number of hydrogen-bond acceptors (Lipinski definition) is 1. The van der Waals surface area contributed by atoms with Gasteiger partial charge in [-0.1, -0.05) is 59.1 Å². The van der Waals surface area contributed by atoms with E-state index >= 15 is 0 Å². The Morgan fingerprint density at radius 3 is 2.39 bits per heavy atom. The van der Waals surface area contributed by atoms with Crippen molar-refractivity contribution in [3.63, 3.8) is 0 Å². The van der Waals surface area contributed by atoms with Crippen molar-refractivity contribution in [3.8, 4) is 0 Å². The van der Waals surface area contributed by atoms with E-state index in [1.165, 1.54) is 44.9 Å². The second-order valence-electron chi connectivity index (χ2n) is 9.13. The number of unbranched alkanes of at least 4 members (excludes halogenated alkanes) is 2. The number of hydrogen-bond donors (Lipinski definition) is 0. The second-order valence-corrected chi connectivity index (χ2v) is 13.6. The summed E-state index contributed by atoms with van der Waals surface area (Å²) in [6, 6.07) is 0. The molecule has 0 N–H and O–H groups in total. The van der Waals surface area contributed by atoms with E-state index in [4.69, 9.17) is 4.43 Å². The van der Waals surface area contributed by atoms with Gasteiger partial charge in [-0.25, -0.2) is 0 Å². The lowest BCUT2D eigenvalue weighted by Gasteiger charge is -2.30. The summed E-state index contributed by atoms with van der Waals surface area (Å²) in [6.07, 6.45) is 14.5. The highest BCUT2D eigenvalue weighted by Gasteiger charge is 2.42. The normalized spacial score (nSPS) is 29.0. The molecule has 1 aliphatic rings. The SMILES string of the molecule is CCCC/C=C\C[C@@H]1[C@@H](CCC(C)C)[C@H](C)C[C@@H]1O[Si](C)(C)C. The smallest absolute Gasteiger partial charge is 0.184 e. The maximum atomic E-state index is 6.60. The highest BCUT2D eigenvalue weighted by atomic mass is 28.4. The average molecular weight is 339 g/mol. The van der Waals surface area contributed by atoms with E-state index < -0.39 is 8.32 Å². The van der Waals surface area contributed by atoms with Gasteiger partial charge in [-0.15, -0.1) is 0 Å². The monoisotopic (exact) mass is 338 g/mol. The van der Waals surface area contributed by atoms with Gasteiger partial charge in [0.05, 0.1) is 0 Å². The summed E-state index contributed by atoms with van der Waals surface area (Å²) in [5.74, 6) is 3.24. The van der Waals surface area contributed by atoms with Crippen LogP contribution < -0.4 is 0 Å². The van der Waals surface area contributed by atoms with Crippen LogP contribution in [0.4, 0.5) is 0 Å². The van der Waals surface area contributed by atoms with Gasteiger partial charge in [-0.2, -0.15) is 0 Å². The van der Waals surface area contributed by atoms with E-state index in [1.807, 2.05) is 0 Å². The zero-order valence-corrected chi connectivity index (χ0v) is 17.9. The Labute approximate surface area is 147 Å². The first-order chi connectivity index (χ1) is 10.7. The van der Waals surface area contributed by atoms with E-state index in [0.717, 1.165) is 23.7 Å². The molecule has 1 aliphatic carbocycles. The molecule has 1 rings (SSSR count). The van der Waals surface area contributed by atoms with Crippen LogP contribution in [0.15, 0.2) is 12.2 Å². The standard InChI is InChI=1S/C21H42OSi/c1-8-9-10-11-12-13-20-19(15-14-17(2)3)18(4)16-21(20)22-23(5,6)7/h11-12,17-21H,8-10,13-16H2,1-7H3/b12-11-/t18-,19+,20-,21+/m1/s1. The van der Waals surface area contributed by atoms with Crippen LogP contribution in [-0.4, -0.2) is 14.4 Å². The largest absolute Gasteiger partial charge is 0.414 e. The molecule has 1 fully saturated rings. The molecule has 0 aromatic rings. The van der Waals surface area contributed by atoms with Crippen molar-refractivity contribution in [2.75, 3.05) is 0 Å². The van der Waals surface area contributed by atoms with Crippen molar-refractivity contribution in [1.82, 2.24) is 0 Å². The number of allylic oxidation sites excluding steroid dienone is 2. The summed E-state index contributed by atoms with van der Waals surface area (Å²) < 4.78 is 6.60. The first kappa shape index (κ1) is 21.0. The first-order valence-corrected chi connectivity index (χ1v) is 13.5. The molecule has 23 heavy (non-hydrogen) atoms. The molecule has 0 saturated heterocycles. The minimum Gasteiger partial charge on any atom is -0.414 e. The van der Waals surface area contributed by atoms with Gasteiger partial charge in [0.25, 0.3) is 0 Å². The maximum absolute atomic E-state index is 6.60. The van der Waals surface area contributed by atoms with Gasteiger partial charge in [0.15, 0.2) is 8.32 Å². The van der Waals surface area contributed by atoms with Crippen molar-refractivity contribution >= 4 is 8.32 Å². The van der Waals surface area contributed by atoms with E-state index in [-0.39, 0.29) is 0 Å². The summed E-state index contributed by atoms with van der Waals surface area (Å²) in [5, 5.41) is 0. The zero-order valence-electron chi connectivity index (χ0n) is 16.9. The Morgan fingerprint density at radius 1 is 1.13 bits per heavy atom. The Kier molecular flexibility index (Phi) is 9.14. The molecule has 1 nitrogen and oxygen atoms in total. The van der Waals surface area contributed by atoms with Gasteiger partial charge in [-0.05, 0) is 69.0 Å². The summed E-state index contributed by atoms with van der Waals surface area (Å²) in [6.45, 7) is 16.5. The molecule has 1 saturated carbocycles. The molecule has 0 aromatic carbocycles. The third-order valence-electron chi connectivity index (χ3n) is 5.24. The van der Waals surface area contributed by atoms with Crippen molar-refractivity contribution in [2.24, 2.45) is 23.7 Å². The van der Waals surface area contributed by atoms with Crippen molar-refractivity contribution < 1.29 is 4.43 Å². The van der Waals surface area contributed by atoms with Crippen LogP contribution in [0.2, 0.25) is 19.6 Å². The Bertz CT molecular complexity index is 342. The Hall–Kier alpha value is -0.0831. The Balaban J connectivity index is 2.70. The van der Waals surface area contributed by atoms with Crippen molar-refractivity contribution in [3.05, 3.63) is 12.2 Å². The molecule has 0 spiro atoms. The molecule has 0 bridgehead atoms. The summed E-state index contributed by atoms with van der Waals surface area (Å²) in [5.41, 5.74) is 0. The van der Waals surface area contributed by atoms with Crippen LogP contribution in [0, 0.1) is 23.7 Å². The maximum Gasteiger partial charge on any atom is 0.184 e. The molecule has 2 heteroatoms. The lowest BCUT2D eigenvalue weighted by molar-refractivity contribution is 0.132. The first-order valence-electron chi connectivity index (χ1n) is 10.1. The molecule has 0 heterocycles. The lowest BCUT2D eigenvalue weighted by Crippen LogP contribution is -2.35. The van der Waals surface area contributed by atoms with Crippen LogP contribution >= 0.6 is 0 Å². The van der Waals surface area contributed by atoms with Crippen molar-refractivity contribution in [2.45, 2.75) is 98.4 Å². The minimum absolute atomic E-state index is 0.504. The molecule has 4 atom stereocenters. The van der Waals surface area contributed by atoms with Crippen LogP contribution in [0.1, 0.15) is 72.6 Å². The fourth-order valence-electron chi connectivity index (χ4n) is 4.05. The molecule has 0 radical (unpaired) electrons. The third kappa shape index (κ3) is 8.02. The fourth-order valence-corrected chi connectivity index (χ4v) is 5.23. The van der Waals surface area contributed by atoms with Gasteiger partial charge in [0.1, 0.15) is 0 Å². The quantitative estimate of drug-likeness (QED) is 0.235. The van der Waals surface area contributed by atoms with Gasteiger partial charge in [-0.3, -0.25) is 0 Å². The fraction of sp³-hybridized carbons (Fsp3) is 0.905. The molecule has 136 valence electrons. The molecular formula is C21H42OSi. The van der Waals surface area contributed by atoms with Crippen LogP contribution in [-0.2, 0) is 4.43 Å². The summed E-state index contributed by atoms with van der Waals surface area (Å²) in [7, 11) is -1.45. The van der Waals surface area contributed by atoms with Gasteiger partial charge in [0, 0.05) is 6.10 Å². The third-order valence-corrected chi connectivity index (χ3v) is 6.25. The van der Waals surface area contributed by atoms with Crippen LogP contribution in [0.3, 0.4) is 0 Å². The Morgan fingerprint density at radius 2 is 1.83 bits per heavy atom. The average Bonchev–Trinajstić information content (AvgIpc) is 2.69. The van der Waals surface area contributed by atoms with Gasteiger partial charge >= 0.3 is 0 Å². The van der Waals surface area contributed by atoms with Gasteiger partial charge in [0.2, 0.25) is 0 Å². The summed E-state index contributed by atoms with van der Waals surface area (Å²) in [4.78, 5) is 0. The van der Waals surface area contributed by atoms with E-state index in [0.29, 0.717) is 6.10 Å². The molecule has 0 aliphatic heterocycles. The summed E-state index contributed by atoms with van der Waals surface area (Å²) >= 11 is 0. The van der Waals surface area contributed by atoms with E-state index in [2.05, 4.69) is 59.5 Å². The van der Waals surface area contributed by atoms with Crippen molar-refractivity contribution in [1.29, 1.82) is 0 Å². The highest BCUT2D eigenvalue weighted by Crippen LogP contribution is 2.44. The second kappa shape index (κ2) is 10.0. The van der Waals surface area contributed by atoms with E-state index in [9.17, 15) is 0 Å². The van der Waals surface area contributed by atoms with Crippen LogP contribution in [0.25, 0.3) is 0 Å². The van der Waals surface area contributed by atoms with Crippen LogP contribution in [0.5, 0.6) is 0 Å². The van der Waals surface area contributed by atoms with E-state index in [1.54, 1.807) is 0 Å². The molecule has 0 unspecified atom stereocenters. The highest BCUT2D eigenvalue weighted by molar-refractivity contribution is 6.69. The minimum atomic E-state index is -1.45. The van der Waals surface area contributed by atoms with Gasteiger partial charge < -0.3 is 4.43 Å². The predicted molar refractivity (Wildman–Crippen MR) is 106 cm³/mol. The molecular weight excluding hydrogens is 296 g/mol. The molecule has 0 aromatic heterocycles. The lowest BCUT2D eigenvalue weighted by atomic mass is 9.82.